The number of aromatic nitrogens is 2. The van der Waals surface area contributed by atoms with Crippen molar-refractivity contribution in [2.45, 2.75) is 32.9 Å². The summed E-state index contributed by atoms with van der Waals surface area (Å²) in [6.07, 6.45) is 3.05. The predicted molar refractivity (Wildman–Crippen MR) is 84.3 cm³/mol. The maximum absolute atomic E-state index is 12.0. The van der Waals surface area contributed by atoms with Crippen molar-refractivity contribution in [2.24, 2.45) is 0 Å². The van der Waals surface area contributed by atoms with E-state index in [4.69, 9.17) is 9.47 Å². The smallest absolute Gasteiger partial charge is 0.341 e. The molecule has 1 heterocycles. The van der Waals surface area contributed by atoms with Gasteiger partial charge in [-0.05, 0) is 32.4 Å². The first kappa shape index (κ1) is 16.7. The van der Waals surface area contributed by atoms with E-state index in [1.807, 2.05) is 32.9 Å². The van der Waals surface area contributed by atoms with E-state index in [-0.39, 0.29) is 0 Å². The van der Waals surface area contributed by atoms with Crippen molar-refractivity contribution in [3.05, 3.63) is 53.3 Å². The highest BCUT2D eigenvalue weighted by molar-refractivity contribution is 5.91. The Morgan fingerprint density at radius 3 is 2.52 bits per heavy atom. The van der Waals surface area contributed by atoms with E-state index in [0.29, 0.717) is 17.7 Å². The molecule has 0 spiro atoms. The zero-order chi connectivity index (χ0) is 17.0. The number of carbonyl (C=O) groups excluding carboxylic acids is 2. The van der Waals surface area contributed by atoms with Gasteiger partial charge < -0.3 is 9.47 Å². The second kappa shape index (κ2) is 6.64. The molecular weight excluding hydrogens is 296 g/mol. The van der Waals surface area contributed by atoms with Crippen molar-refractivity contribution in [3.8, 4) is 0 Å². The summed E-state index contributed by atoms with van der Waals surface area (Å²) in [5, 5.41) is 4.15. The van der Waals surface area contributed by atoms with Gasteiger partial charge in [-0.3, -0.25) is 4.68 Å². The molecule has 1 aromatic heterocycles. The van der Waals surface area contributed by atoms with Gasteiger partial charge in [0.1, 0.15) is 5.60 Å². The molecule has 0 aliphatic heterocycles. The summed E-state index contributed by atoms with van der Waals surface area (Å²) in [7, 11) is 1.34. The largest absolute Gasteiger partial charge is 0.465 e. The molecule has 0 aliphatic carbocycles. The molecule has 2 aromatic rings. The molecule has 0 saturated heterocycles. The summed E-state index contributed by atoms with van der Waals surface area (Å²) >= 11 is 0. The van der Waals surface area contributed by atoms with Gasteiger partial charge in [0.25, 0.3) is 0 Å². The van der Waals surface area contributed by atoms with Crippen molar-refractivity contribution < 1.29 is 19.1 Å². The van der Waals surface area contributed by atoms with Gasteiger partial charge in [-0.2, -0.15) is 5.10 Å². The van der Waals surface area contributed by atoms with Crippen LogP contribution in [-0.2, 0) is 16.0 Å². The lowest BCUT2D eigenvalue weighted by molar-refractivity contribution is 0.00692. The molecule has 23 heavy (non-hydrogen) atoms. The summed E-state index contributed by atoms with van der Waals surface area (Å²) < 4.78 is 11.7. The number of benzene rings is 1. The maximum atomic E-state index is 12.0. The van der Waals surface area contributed by atoms with Gasteiger partial charge in [0, 0.05) is 6.20 Å². The lowest BCUT2D eigenvalue weighted by Crippen LogP contribution is -2.23. The third-order valence-corrected chi connectivity index (χ3v) is 3.02. The van der Waals surface area contributed by atoms with Gasteiger partial charge in [-0.25, -0.2) is 9.59 Å². The summed E-state index contributed by atoms with van der Waals surface area (Å²) in [4.78, 5) is 23.8. The van der Waals surface area contributed by atoms with Crippen molar-refractivity contribution in [2.75, 3.05) is 7.11 Å². The van der Waals surface area contributed by atoms with Crippen LogP contribution in [0.25, 0.3) is 0 Å². The zero-order valence-electron chi connectivity index (χ0n) is 13.7. The highest BCUT2D eigenvalue weighted by atomic mass is 16.6. The maximum Gasteiger partial charge on any atom is 0.341 e. The van der Waals surface area contributed by atoms with Crippen molar-refractivity contribution in [3.63, 3.8) is 0 Å². The quantitative estimate of drug-likeness (QED) is 0.811. The molecule has 122 valence electrons. The Morgan fingerprint density at radius 1 is 1.17 bits per heavy atom. The molecule has 0 saturated carbocycles. The molecule has 6 heteroatoms. The average molecular weight is 316 g/mol. The van der Waals surface area contributed by atoms with E-state index in [1.165, 1.54) is 13.3 Å². The molecular formula is C17H20N2O4. The molecule has 0 fully saturated rings. The van der Waals surface area contributed by atoms with Crippen LogP contribution in [0.5, 0.6) is 0 Å². The number of methoxy groups -OCH3 is 1. The number of esters is 2. The fourth-order valence-corrected chi connectivity index (χ4v) is 2.03. The van der Waals surface area contributed by atoms with E-state index < -0.39 is 17.5 Å². The molecule has 0 N–H and O–H groups in total. The molecule has 0 radical (unpaired) electrons. The summed E-state index contributed by atoms with van der Waals surface area (Å²) in [5.41, 5.74) is 1.05. The minimum atomic E-state index is -0.559. The van der Waals surface area contributed by atoms with Crippen LogP contribution in [0.3, 0.4) is 0 Å². The molecule has 0 atom stereocenters. The summed E-state index contributed by atoms with van der Waals surface area (Å²) in [6.45, 7) is 5.78. The zero-order valence-corrected chi connectivity index (χ0v) is 13.7. The van der Waals surface area contributed by atoms with Gasteiger partial charge >= 0.3 is 11.9 Å². The number of hydrogen-bond donors (Lipinski definition) is 0. The van der Waals surface area contributed by atoms with E-state index in [9.17, 15) is 9.59 Å². The fourth-order valence-electron chi connectivity index (χ4n) is 2.03. The van der Waals surface area contributed by atoms with Gasteiger partial charge in [-0.15, -0.1) is 0 Å². The Kier molecular flexibility index (Phi) is 4.83. The normalized spacial score (nSPS) is 11.1. The van der Waals surface area contributed by atoms with Crippen LogP contribution in [0.1, 0.15) is 47.1 Å². The van der Waals surface area contributed by atoms with Crippen molar-refractivity contribution in [1.29, 1.82) is 0 Å². The summed E-state index contributed by atoms with van der Waals surface area (Å²) in [5.74, 6) is -0.829. The second-order valence-corrected chi connectivity index (χ2v) is 6.08. The lowest BCUT2D eigenvalue weighted by Gasteiger charge is -2.18. The van der Waals surface area contributed by atoms with E-state index in [1.54, 1.807) is 23.0 Å². The standard InChI is InChI=1S/C17H20N2O4/c1-17(2,3)23-15(20)13-9-18-19(11-13)10-12-7-5-6-8-14(12)16(21)22-4/h5-9,11H,10H2,1-4H3. The Labute approximate surface area is 135 Å². The predicted octanol–water partition coefficient (Wildman–Crippen LogP) is 2.67. The molecule has 1 aromatic carbocycles. The number of hydrogen-bond acceptors (Lipinski definition) is 5. The van der Waals surface area contributed by atoms with Gasteiger partial charge in [0.2, 0.25) is 0 Å². The first-order valence-corrected chi connectivity index (χ1v) is 7.22. The number of nitrogens with zero attached hydrogens (tertiary/aromatic N) is 2. The Hall–Kier alpha value is -2.63. The molecule has 0 amide bonds. The van der Waals surface area contributed by atoms with Crippen LogP contribution in [0.4, 0.5) is 0 Å². The number of rotatable bonds is 4. The average Bonchev–Trinajstić information content (AvgIpc) is 2.94. The van der Waals surface area contributed by atoms with E-state index >= 15 is 0 Å². The van der Waals surface area contributed by atoms with Crippen LogP contribution in [-0.4, -0.2) is 34.4 Å². The summed E-state index contributed by atoms with van der Waals surface area (Å²) in [6, 6.07) is 7.12. The van der Waals surface area contributed by atoms with Gasteiger partial charge in [0.05, 0.1) is 31.0 Å². The first-order valence-electron chi connectivity index (χ1n) is 7.22. The van der Waals surface area contributed by atoms with Crippen LogP contribution >= 0.6 is 0 Å². The lowest BCUT2D eigenvalue weighted by atomic mass is 10.1. The van der Waals surface area contributed by atoms with Crippen LogP contribution in [0, 0.1) is 0 Å². The highest BCUT2D eigenvalue weighted by Gasteiger charge is 2.19. The van der Waals surface area contributed by atoms with Crippen molar-refractivity contribution >= 4 is 11.9 Å². The van der Waals surface area contributed by atoms with Crippen LogP contribution in [0.15, 0.2) is 36.7 Å². The minimum Gasteiger partial charge on any atom is -0.465 e. The highest BCUT2D eigenvalue weighted by Crippen LogP contribution is 2.14. The Balaban J connectivity index is 2.17. The number of carbonyl (C=O) groups is 2. The molecule has 0 unspecified atom stereocenters. The first-order chi connectivity index (χ1) is 10.8. The Bertz CT molecular complexity index is 713. The Morgan fingerprint density at radius 2 is 1.87 bits per heavy atom. The SMILES string of the molecule is COC(=O)c1ccccc1Cn1cc(C(=O)OC(C)(C)C)cn1. The van der Waals surface area contributed by atoms with E-state index in [0.717, 1.165) is 5.56 Å². The van der Waals surface area contributed by atoms with Crippen molar-refractivity contribution in [1.82, 2.24) is 9.78 Å². The van der Waals surface area contributed by atoms with Gasteiger partial charge in [-0.1, -0.05) is 18.2 Å². The molecule has 6 nitrogen and oxygen atoms in total. The second-order valence-electron chi connectivity index (χ2n) is 6.08. The third-order valence-electron chi connectivity index (χ3n) is 3.02. The molecule has 0 bridgehead atoms. The molecule has 2 rings (SSSR count). The fraction of sp³-hybridized carbons (Fsp3) is 0.353. The number of ether oxygens (including phenoxy) is 2. The topological polar surface area (TPSA) is 70.4 Å². The van der Waals surface area contributed by atoms with Crippen LogP contribution in [0.2, 0.25) is 0 Å². The monoisotopic (exact) mass is 316 g/mol. The molecule has 0 aliphatic rings. The van der Waals surface area contributed by atoms with Crippen LogP contribution < -0.4 is 0 Å². The van der Waals surface area contributed by atoms with Gasteiger partial charge in [0.15, 0.2) is 0 Å². The minimum absolute atomic E-state index is 0.355. The third kappa shape index (κ3) is 4.42. The van der Waals surface area contributed by atoms with E-state index in [2.05, 4.69) is 5.10 Å².